The molecule has 3 atom stereocenters. The molecule has 0 radical (unpaired) electrons. The number of anilines is 2. The number of aryl methyl sites for hydroxylation is 2. The Hall–Kier alpha value is -3.75. The zero-order valence-corrected chi connectivity index (χ0v) is 19.1. The van der Waals surface area contributed by atoms with Gasteiger partial charge in [0.2, 0.25) is 5.91 Å². The van der Waals surface area contributed by atoms with E-state index in [2.05, 4.69) is 0 Å². The molecule has 2 heterocycles. The normalized spacial score (nSPS) is 21.8. The summed E-state index contributed by atoms with van der Waals surface area (Å²) >= 11 is 6.03. The minimum Gasteiger partial charge on any atom is -0.273 e. The van der Waals surface area contributed by atoms with Gasteiger partial charge in [-0.3, -0.25) is 24.5 Å². The number of imide groups is 1. The first-order valence-electron chi connectivity index (χ1n) is 10.7. The number of carbonyl (C=O) groups excluding carboxylic acids is 2. The Bertz CT molecular complexity index is 1330. The van der Waals surface area contributed by atoms with Crippen LogP contribution >= 0.6 is 11.6 Å². The number of benzene rings is 3. The number of hydrogen-bond donors (Lipinski definition) is 0. The number of nitrogens with zero attached hydrogens (tertiary/aromatic N) is 3. The average Bonchev–Trinajstić information content (AvgIpc) is 3.31. The lowest BCUT2D eigenvalue weighted by Gasteiger charge is -2.29. The van der Waals surface area contributed by atoms with Gasteiger partial charge in [-0.05, 0) is 49.2 Å². The van der Waals surface area contributed by atoms with Gasteiger partial charge in [0, 0.05) is 6.07 Å². The van der Waals surface area contributed by atoms with Gasteiger partial charge in [0.15, 0.2) is 6.10 Å². The lowest BCUT2D eigenvalue weighted by molar-refractivity contribution is -0.384. The first-order valence-corrected chi connectivity index (χ1v) is 11.1. The summed E-state index contributed by atoms with van der Waals surface area (Å²) in [4.78, 5) is 45.4. The predicted molar refractivity (Wildman–Crippen MR) is 127 cm³/mol. The van der Waals surface area contributed by atoms with E-state index in [1.807, 2.05) is 32.0 Å². The van der Waals surface area contributed by atoms with Crippen molar-refractivity contribution in [3.63, 3.8) is 0 Å². The van der Waals surface area contributed by atoms with Gasteiger partial charge in [-0.15, -0.1) is 0 Å². The van der Waals surface area contributed by atoms with Crippen molar-refractivity contribution in [3.8, 4) is 0 Å². The van der Waals surface area contributed by atoms with Crippen LogP contribution in [0.25, 0.3) is 0 Å². The monoisotopic (exact) mass is 477 g/mol. The topological polar surface area (TPSA) is 93.0 Å². The Morgan fingerprint density at radius 1 is 0.971 bits per heavy atom. The van der Waals surface area contributed by atoms with E-state index in [4.69, 9.17) is 16.4 Å². The molecule has 3 aromatic carbocycles. The number of halogens is 1. The molecule has 2 aliphatic rings. The van der Waals surface area contributed by atoms with Gasteiger partial charge in [0.05, 0.1) is 22.3 Å². The Kier molecular flexibility index (Phi) is 5.34. The van der Waals surface area contributed by atoms with E-state index in [-0.39, 0.29) is 10.7 Å². The molecule has 0 unspecified atom stereocenters. The average molecular weight is 478 g/mol. The highest BCUT2D eigenvalue weighted by Crippen LogP contribution is 2.48. The first kappa shape index (κ1) is 22.1. The van der Waals surface area contributed by atoms with E-state index in [1.54, 1.807) is 36.4 Å². The molecular formula is C25H20ClN3O5. The lowest BCUT2D eigenvalue weighted by atomic mass is 9.90. The van der Waals surface area contributed by atoms with Crippen molar-refractivity contribution in [2.75, 3.05) is 9.96 Å². The van der Waals surface area contributed by atoms with E-state index in [9.17, 15) is 19.7 Å². The third-order valence-corrected chi connectivity index (χ3v) is 6.55. The summed E-state index contributed by atoms with van der Waals surface area (Å²) in [6, 6.07) is 18.1. The van der Waals surface area contributed by atoms with E-state index < -0.39 is 34.8 Å². The van der Waals surface area contributed by atoms with Gasteiger partial charge in [-0.1, -0.05) is 53.6 Å². The molecule has 3 aromatic rings. The number of para-hydroxylation sites is 1. The predicted octanol–water partition coefficient (Wildman–Crippen LogP) is 4.92. The minimum absolute atomic E-state index is 0.0128. The molecule has 5 rings (SSSR count). The van der Waals surface area contributed by atoms with Crippen LogP contribution < -0.4 is 9.96 Å². The summed E-state index contributed by atoms with van der Waals surface area (Å²) in [6.07, 6.45) is -1.06. The maximum absolute atomic E-state index is 13.7. The maximum Gasteiger partial charge on any atom is 0.288 e. The largest absolute Gasteiger partial charge is 0.288 e. The second kappa shape index (κ2) is 8.23. The van der Waals surface area contributed by atoms with Crippen LogP contribution in [0.3, 0.4) is 0 Å². The molecule has 0 aromatic heterocycles. The third-order valence-electron chi connectivity index (χ3n) is 6.23. The summed E-state index contributed by atoms with van der Waals surface area (Å²) in [6.45, 7) is 3.78. The molecular weight excluding hydrogens is 458 g/mol. The fourth-order valence-corrected chi connectivity index (χ4v) is 4.89. The van der Waals surface area contributed by atoms with Crippen molar-refractivity contribution < 1.29 is 19.3 Å². The molecule has 0 aliphatic carbocycles. The molecule has 2 fully saturated rings. The highest BCUT2D eigenvalue weighted by Gasteiger charge is 2.60. The third kappa shape index (κ3) is 3.43. The summed E-state index contributed by atoms with van der Waals surface area (Å²) in [7, 11) is 0. The fourth-order valence-electron chi connectivity index (χ4n) is 4.70. The van der Waals surface area contributed by atoms with Crippen molar-refractivity contribution in [3.05, 3.63) is 98.6 Å². The van der Waals surface area contributed by atoms with Crippen LogP contribution in [-0.2, 0) is 14.4 Å². The molecule has 0 saturated carbocycles. The van der Waals surface area contributed by atoms with Crippen LogP contribution in [0.1, 0.15) is 22.7 Å². The molecule has 2 saturated heterocycles. The Morgan fingerprint density at radius 3 is 2.38 bits per heavy atom. The molecule has 0 spiro atoms. The van der Waals surface area contributed by atoms with E-state index in [0.29, 0.717) is 16.9 Å². The molecule has 34 heavy (non-hydrogen) atoms. The zero-order chi connectivity index (χ0) is 24.1. The van der Waals surface area contributed by atoms with Gasteiger partial charge in [0.25, 0.3) is 11.6 Å². The van der Waals surface area contributed by atoms with Crippen LogP contribution in [0.5, 0.6) is 0 Å². The quantitative estimate of drug-likeness (QED) is 0.301. The molecule has 8 nitrogen and oxygen atoms in total. The molecule has 0 N–H and O–H groups in total. The van der Waals surface area contributed by atoms with Crippen molar-refractivity contribution in [1.82, 2.24) is 0 Å². The molecule has 0 bridgehead atoms. The standard InChI is InChI=1S/C25H20ClN3O5/c1-14-8-11-19(15(2)12-14)27-24(30)21-22(16-9-10-18(26)20(13-16)29(32)33)28(34-23(21)25(27)31)17-6-4-3-5-7-17/h3-13,21-23H,1-2H3/t21-,22+,23-/m1/s1. The SMILES string of the molecule is Cc1ccc(N2C(=O)[C@H]3[C@@H](ON(c4ccccc4)[C@H]3c3ccc(Cl)c([N+](=O)[O-])c3)C2=O)c(C)c1. The minimum atomic E-state index is -1.06. The second-order valence-corrected chi connectivity index (χ2v) is 8.83. The summed E-state index contributed by atoms with van der Waals surface area (Å²) in [5.41, 5.74) is 3.11. The number of amides is 2. The van der Waals surface area contributed by atoms with Crippen molar-refractivity contribution in [2.45, 2.75) is 26.0 Å². The fraction of sp³-hybridized carbons (Fsp3) is 0.200. The Morgan fingerprint density at radius 2 is 1.71 bits per heavy atom. The van der Waals surface area contributed by atoms with Gasteiger partial charge in [0.1, 0.15) is 10.9 Å². The smallest absolute Gasteiger partial charge is 0.273 e. The van der Waals surface area contributed by atoms with Crippen molar-refractivity contribution in [2.24, 2.45) is 5.92 Å². The van der Waals surface area contributed by atoms with Gasteiger partial charge in [-0.2, -0.15) is 0 Å². The van der Waals surface area contributed by atoms with Crippen LogP contribution in [0.4, 0.5) is 17.1 Å². The number of fused-ring (bicyclic) bond motifs is 1. The van der Waals surface area contributed by atoms with Crippen LogP contribution in [0.15, 0.2) is 66.7 Å². The number of rotatable bonds is 4. The van der Waals surface area contributed by atoms with Crippen molar-refractivity contribution >= 4 is 40.5 Å². The first-order chi connectivity index (χ1) is 16.3. The summed E-state index contributed by atoms with van der Waals surface area (Å²) in [5, 5.41) is 13.0. The summed E-state index contributed by atoms with van der Waals surface area (Å²) in [5.74, 6) is -1.77. The second-order valence-electron chi connectivity index (χ2n) is 8.43. The van der Waals surface area contributed by atoms with E-state index in [0.717, 1.165) is 11.1 Å². The van der Waals surface area contributed by atoms with E-state index >= 15 is 0 Å². The Labute approximate surface area is 200 Å². The number of nitro groups is 1. The maximum atomic E-state index is 13.7. The van der Waals surface area contributed by atoms with Crippen LogP contribution in [0.2, 0.25) is 5.02 Å². The van der Waals surface area contributed by atoms with E-state index in [1.165, 1.54) is 22.1 Å². The molecule has 172 valence electrons. The van der Waals surface area contributed by atoms with Crippen LogP contribution in [0, 0.1) is 29.9 Å². The van der Waals surface area contributed by atoms with Gasteiger partial charge in [-0.25, -0.2) is 9.96 Å². The zero-order valence-electron chi connectivity index (χ0n) is 18.3. The Balaban J connectivity index is 1.63. The number of hydroxylamine groups is 1. The number of hydrogen-bond acceptors (Lipinski definition) is 6. The van der Waals surface area contributed by atoms with Gasteiger partial charge < -0.3 is 0 Å². The molecule has 9 heteroatoms. The highest BCUT2D eigenvalue weighted by atomic mass is 35.5. The van der Waals surface area contributed by atoms with Gasteiger partial charge >= 0.3 is 0 Å². The lowest BCUT2D eigenvalue weighted by Crippen LogP contribution is -2.37. The number of nitro benzene ring substituents is 1. The van der Waals surface area contributed by atoms with Crippen LogP contribution in [-0.4, -0.2) is 22.8 Å². The summed E-state index contributed by atoms with van der Waals surface area (Å²) < 4.78 is 0. The highest BCUT2D eigenvalue weighted by molar-refractivity contribution is 6.32. The number of carbonyl (C=O) groups is 2. The molecule has 2 amide bonds. The molecule has 2 aliphatic heterocycles. The van der Waals surface area contributed by atoms with Crippen molar-refractivity contribution in [1.29, 1.82) is 0 Å².